The molecular weight excluding hydrogens is 268 g/mol. The second-order valence-corrected chi connectivity index (χ2v) is 5.42. The fourth-order valence-corrected chi connectivity index (χ4v) is 2.71. The van der Waals surface area contributed by atoms with E-state index in [1.807, 2.05) is 4.90 Å². The van der Waals surface area contributed by atoms with Crippen molar-refractivity contribution in [2.75, 3.05) is 18.5 Å². The number of nitrogens with one attached hydrogen (secondary N) is 1. The van der Waals surface area contributed by atoms with Crippen LogP contribution in [0, 0.1) is 0 Å². The van der Waals surface area contributed by atoms with Crippen molar-refractivity contribution in [1.82, 2.24) is 4.90 Å². The number of carbonyl (C=O) groups is 2. The standard InChI is InChI=1S/C16H22N2O3/c1-12(20)13-6-8-14(9-7-13)17-16(21)18-10-2-4-15(18)5-3-11-19/h6-9,15,19H,2-5,10-11H2,1H3,(H,17,21). The number of carbonyl (C=O) groups excluding carboxylic acids is 2. The van der Waals surface area contributed by atoms with Gasteiger partial charge in [-0.15, -0.1) is 0 Å². The smallest absolute Gasteiger partial charge is 0.322 e. The lowest BCUT2D eigenvalue weighted by Crippen LogP contribution is -2.38. The van der Waals surface area contributed by atoms with Crippen molar-refractivity contribution < 1.29 is 14.7 Å². The summed E-state index contributed by atoms with van der Waals surface area (Å²) in [6.45, 7) is 2.44. The van der Waals surface area contributed by atoms with E-state index < -0.39 is 0 Å². The number of benzene rings is 1. The van der Waals surface area contributed by atoms with E-state index in [2.05, 4.69) is 5.32 Å². The highest BCUT2D eigenvalue weighted by atomic mass is 16.3. The summed E-state index contributed by atoms with van der Waals surface area (Å²) in [6, 6.07) is 7.02. The Labute approximate surface area is 125 Å². The first-order valence-corrected chi connectivity index (χ1v) is 7.41. The Balaban J connectivity index is 1.95. The molecule has 0 aromatic heterocycles. The monoisotopic (exact) mass is 290 g/mol. The van der Waals surface area contributed by atoms with E-state index >= 15 is 0 Å². The maximum Gasteiger partial charge on any atom is 0.322 e. The first-order chi connectivity index (χ1) is 10.1. The zero-order valence-electron chi connectivity index (χ0n) is 12.3. The minimum atomic E-state index is -0.106. The first kappa shape index (κ1) is 15.5. The van der Waals surface area contributed by atoms with Crippen LogP contribution in [0.25, 0.3) is 0 Å². The van der Waals surface area contributed by atoms with Gasteiger partial charge in [-0.25, -0.2) is 4.79 Å². The summed E-state index contributed by atoms with van der Waals surface area (Å²) in [5.74, 6) is 0.0106. The zero-order chi connectivity index (χ0) is 15.2. The molecule has 1 fully saturated rings. The van der Waals surface area contributed by atoms with Gasteiger partial charge in [0.25, 0.3) is 0 Å². The van der Waals surface area contributed by atoms with E-state index in [1.54, 1.807) is 24.3 Å². The van der Waals surface area contributed by atoms with E-state index in [4.69, 9.17) is 5.11 Å². The van der Waals surface area contributed by atoms with Crippen molar-refractivity contribution in [1.29, 1.82) is 0 Å². The summed E-state index contributed by atoms with van der Waals surface area (Å²) in [4.78, 5) is 25.3. The molecule has 1 aliphatic rings. The number of amides is 2. The average Bonchev–Trinajstić information content (AvgIpc) is 2.94. The number of nitrogens with zero attached hydrogens (tertiary/aromatic N) is 1. The van der Waals surface area contributed by atoms with Gasteiger partial charge in [-0.2, -0.15) is 0 Å². The minimum absolute atomic E-state index is 0.0106. The van der Waals surface area contributed by atoms with Gasteiger partial charge in [0.05, 0.1) is 0 Å². The van der Waals surface area contributed by atoms with Crippen LogP contribution in [0.3, 0.4) is 0 Å². The Kier molecular flexibility index (Phi) is 5.33. The summed E-state index contributed by atoms with van der Waals surface area (Å²) in [5.41, 5.74) is 1.33. The number of urea groups is 1. The molecule has 2 rings (SSSR count). The van der Waals surface area contributed by atoms with Crippen molar-refractivity contribution in [2.45, 2.75) is 38.6 Å². The third kappa shape index (κ3) is 4.04. The Hall–Kier alpha value is -1.88. The fourth-order valence-electron chi connectivity index (χ4n) is 2.71. The largest absolute Gasteiger partial charge is 0.396 e. The molecule has 2 amide bonds. The van der Waals surface area contributed by atoms with Crippen molar-refractivity contribution in [2.24, 2.45) is 0 Å². The molecule has 5 nitrogen and oxygen atoms in total. The molecule has 5 heteroatoms. The Morgan fingerprint density at radius 1 is 1.33 bits per heavy atom. The fraction of sp³-hybridized carbons (Fsp3) is 0.500. The Morgan fingerprint density at radius 3 is 2.67 bits per heavy atom. The SMILES string of the molecule is CC(=O)c1ccc(NC(=O)N2CCCC2CCCO)cc1. The lowest BCUT2D eigenvalue weighted by atomic mass is 10.1. The van der Waals surface area contributed by atoms with E-state index in [0.717, 1.165) is 32.2 Å². The molecule has 0 aliphatic carbocycles. The molecule has 1 heterocycles. The van der Waals surface area contributed by atoms with Gasteiger partial charge in [-0.1, -0.05) is 0 Å². The highest BCUT2D eigenvalue weighted by molar-refractivity contribution is 5.95. The van der Waals surface area contributed by atoms with Crippen molar-refractivity contribution in [3.05, 3.63) is 29.8 Å². The van der Waals surface area contributed by atoms with Gasteiger partial charge in [0.15, 0.2) is 5.78 Å². The number of hydrogen-bond acceptors (Lipinski definition) is 3. The second-order valence-electron chi connectivity index (χ2n) is 5.42. The molecule has 114 valence electrons. The van der Waals surface area contributed by atoms with Crippen LogP contribution < -0.4 is 5.32 Å². The van der Waals surface area contributed by atoms with Gasteiger partial charge >= 0.3 is 6.03 Å². The maximum atomic E-state index is 12.3. The highest BCUT2D eigenvalue weighted by Gasteiger charge is 2.28. The van der Waals surface area contributed by atoms with Crippen molar-refractivity contribution in [3.8, 4) is 0 Å². The molecule has 0 spiro atoms. The van der Waals surface area contributed by atoms with Crippen molar-refractivity contribution in [3.63, 3.8) is 0 Å². The molecule has 0 radical (unpaired) electrons. The molecule has 21 heavy (non-hydrogen) atoms. The lowest BCUT2D eigenvalue weighted by molar-refractivity contribution is 0.101. The molecule has 1 aromatic carbocycles. The first-order valence-electron chi connectivity index (χ1n) is 7.41. The molecular formula is C16H22N2O3. The van der Waals surface area contributed by atoms with Crippen LogP contribution >= 0.6 is 0 Å². The van der Waals surface area contributed by atoms with Crippen LogP contribution in [0.2, 0.25) is 0 Å². The molecule has 1 aliphatic heterocycles. The zero-order valence-corrected chi connectivity index (χ0v) is 12.3. The molecule has 1 saturated heterocycles. The molecule has 2 N–H and O–H groups in total. The highest BCUT2D eigenvalue weighted by Crippen LogP contribution is 2.22. The van der Waals surface area contributed by atoms with Crippen LogP contribution in [0.1, 0.15) is 43.0 Å². The van der Waals surface area contributed by atoms with Gasteiger partial charge in [0.2, 0.25) is 0 Å². The number of aliphatic hydroxyl groups is 1. The number of hydrogen-bond donors (Lipinski definition) is 2. The molecule has 1 aromatic rings. The van der Waals surface area contributed by atoms with Gasteiger partial charge in [-0.3, -0.25) is 4.79 Å². The van der Waals surface area contributed by atoms with Crippen LogP contribution in [-0.4, -0.2) is 41.0 Å². The molecule has 0 bridgehead atoms. The van der Waals surface area contributed by atoms with Crippen LogP contribution in [0.5, 0.6) is 0 Å². The topological polar surface area (TPSA) is 69.6 Å². The number of anilines is 1. The molecule has 1 atom stereocenters. The van der Waals surface area contributed by atoms with E-state index in [-0.39, 0.29) is 24.5 Å². The maximum absolute atomic E-state index is 12.3. The predicted octanol–water partition coefficient (Wildman–Crippen LogP) is 2.66. The third-order valence-electron chi connectivity index (χ3n) is 3.88. The van der Waals surface area contributed by atoms with E-state index in [1.165, 1.54) is 6.92 Å². The lowest BCUT2D eigenvalue weighted by Gasteiger charge is -2.24. The number of rotatable bonds is 5. The Morgan fingerprint density at radius 2 is 2.05 bits per heavy atom. The van der Waals surface area contributed by atoms with E-state index in [9.17, 15) is 9.59 Å². The van der Waals surface area contributed by atoms with Crippen LogP contribution in [0.4, 0.5) is 10.5 Å². The van der Waals surface area contributed by atoms with Gasteiger partial charge in [-0.05, 0) is 56.9 Å². The summed E-state index contributed by atoms with van der Waals surface area (Å²) < 4.78 is 0. The average molecular weight is 290 g/mol. The predicted molar refractivity (Wildman–Crippen MR) is 81.5 cm³/mol. The van der Waals surface area contributed by atoms with Crippen LogP contribution in [-0.2, 0) is 0 Å². The van der Waals surface area contributed by atoms with E-state index in [0.29, 0.717) is 11.3 Å². The summed E-state index contributed by atoms with van der Waals surface area (Å²) in [6.07, 6.45) is 3.57. The molecule has 1 unspecified atom stereocenters. The van der Waals surface area contributed by atoms with Gasteiger partial charge in [0.1, 0.15) is 0 Å². The quantitative estimate of drug-likeness (QED) is 0.819. The number of aliphatic hydroxyl groups excluding tert-OH is 1. The second kappa shape index (κ2) is 7.22. The number of ketones is 1. The van der Waals surface area contributed by atoms with Gasteiger partial charge < -0.3 is 15.3 Å². The molecule has 0 saturated carbocycles. The van der Waals surface area contributed by atoms with Crippen LogP contribution in [0.15, 0.2) is 24.3 Å². The number of likely N-dealkylation sites (tertiary alicyclic amines) is 1. The summed E-state index contributed by atoms with van der Waals surface area (Å²) in [5, 5.41) is 11.8. The summed E-state index contributed by atoms with van der Waals surface area (Å²) in [7, 11) is 0. The third-order valence-corrected chi connectivity index (χ3v) is 3.88. The minimum Gasteiger partial charge on any atom is -0.396 e. The number of Topliss-reactive ketones (excluding diaryl/α,β-unsaturated/α-hetero) is 1. The summed E-state index contributed by atoms with van der Waals surface area (Å²) >= 11 is 0. The Bertz CT molecular complexity index is 499. The van der Waals surface area contributed by atoms with Gasteiger partial charge in [0, 0.05) is 30.4 Å². The van der Waals surface area contributed by atoms with Crippen molar-refractivity contribution >= 4 is 17.5 Å². The normalized spacial score (nSPS) is 17.8.